The maximum Gasteiger partial charge on any atom is 0.0332 e. The summed E-state index contributed by atoms with van der Waals surface area (Å²) in [6, 6.07) is 0. The van der Waals surface area contributed by atoms with Gasteiger partial charge < -0.3 is 11.1 Å². The van der Waals surface area contributed by atoms with Crippen molar-refractivity contribution >= 4 is 0 Å². The summed E-state index contributed by atoms with van der Waals surface area (Å²) >= 11 is 0. The van der Waals surface area contributed by atoms with Crippen LogP contribution in [0.2, 0.25) is 0 Å². The van der Waals surface area contributed by atoms with E-state index in [1.54, 1.807) is 0 Å². The zero-order valence-corrected chi connectivity index (χ0v) is 11.5. The predicted molar refractivity (Wildman–Crippen MR) is 74.0 cm³/mol. The Morgan fingerprint density at radius 3 is 2.71 bits per heavy atom. The molecule has 2 rings (SSSR count). The van der Waals surface area contributed by atoms with Crippen molar-refractivity contribution in [1.82, 2.24) is 5.32 Å². The van der Waals surface area contributed by atoms with Gasteiger partial charge in [0, 0.05) is 12.1 Å². The minimum Gasteiger partial charge on any atom is -0.329 e. The van der Waals surface area contributed by atoms with Crippen molar-refractivity contribution < 1.29 is 0 Å². The van der Waals surface area contributed by atoms with E-state index in [0.29, 0.717) is 0 Å². The quantitative estimate of drug-likeness (QED) is 0.669. The van der Waals surface area contributed by atoms with E-state index in [1.807, 2.05) is 0 Å². The lowest BCUT2D eigenvalue weighted by molar-refractivity contribution is 0.143. The third kappa shape index (κ3) is 3.45. The van der Waals surface area contributed by atoms with Crippen LogP contribution in [0, 0.1) is 11.8 Å². The highest BCUT2D eigenvalue weighted by Gasteiger charge is 2.37. The SMILES string of the molecule is CCC1CCCCC1(CN)NCCCC1CC1. The smallest absolute Gasteiger partial charge is 0.0332 e. The molecule has 0 saturated heterocycles. The number of rotatable bonds is 7. The Hall–Kier alpha value is -0.0800. The first kappa shape index (κ1) is 13.4. The van der Waals surface area contributed by atoms with Gasteiger partial charge in [-0.25, -0.2) is 0 Å². The first-order valence-corrected chi connectivity index (χ1v) is 7.76. The average molecular weight is 238 g/mol. The Bertz CT molecular complexity index is 225. The fraction of sp³-hybridized carbons (Fsp3) is 1.00. The first-order valence-electron chi connectivity index (χ1n) is 7.76. The lowest BCUT2D eigenvalue weighted by Crippen LogP contribution is -2.58. The van der Waals surface area contributed by atoms with Crippen LogP contribution in [0.4, 0.5) is 0 Å². The molecule has 2 unspecified atom stereocenters. The summed E-state index contributed by atoms with van der Waals surface area (Å²) in [5, 5.41) is 3.84. The van der Waals surface area contributed by atoms with Gasteiger partial charge in [0.1, 0.15) is 0 Å². The third-order valence-corrected chi connectivity index (χ3v) is 5.03. The molecule has 2 heteroatoms. The van der Waals surface area contributed by atoms with Gasteiger partial charge in [0.05, 0.1) is 0 Å². The Balaban J connectivity index is 1.78. The van der Waals surface area contributed by atoms with Gasteiger partial charge in [-0.05, 0) is 44.1 Å². The van der Waals surface area contributed by atoms with E-state index in [9.17, 15) is 0 Å². The van der Waals surface area contributed by atoms with E-state index in [4.69, 9.17) is 5.73 Å². The lowest BCUT2D eigenvalue weighted by atomic mass is 9.71. The zero-order valence-electron chi connectivity index (χ0n) is 11.5. The molecule has 2 aliphatic carbocycles. The standard InChI is InChI=1S/C15H30N2/c1-2-14-7-3-4-10-15(14,12-16)17-11-5-6-13-8-9-13/h13-14,17H,2-12,16H2,1H3. The summed E-state index contributed by atoms with van der Waals surface area (Å²) in [5.74, 6) is 1.88. The van der Waals surface area contributed by atoms with Gasteiger partial charge in [0.15, 0.2) is 0 Å². The first-order chi connectivity index (χ1) is 8.30. The van der Waals surface area contributed by atoms with Crippen molar-refractivity contribution in [3.63, 3.8) is 0 Å². The molecule has 0 radical (unpaired) electrons. The predicted octanol–water partition coefficient (Wildman–Crippen LogP) is 3.06. The van der Waals surface area contributed by atoms with Crippen molar-refractivity contribution in [2.24, 2.45) is 17.6 Å². The molecule has 17 heavy (non-hydrogen) atoms. The molecule has 0 aromatic heterocycles. The Morgan fingerprint density at radius 1 is 1.24 bits per heavy atom. The molecule has 3 N–H and O–H groups in total. The van der Waals surface area contributed by atoms with Crippen LogP contribution < -0.4 is 11.1 Å². The van der Waals surface area contributed by atoms with Crippen LogP contribution in [-0.2, 0) is 0 Å². The fourth-order valence-corrected chi connectivity index (χ4v) is 3.61. The highest BCUT2D eigenvalue weighted by atomic mass is 15.0. The summed E-state index contributed by atoms with van der Waals surface area (Å²) in [6.07, 6.45) is 12.5. The number of hydrogen-bond donors (Lipinski definition) is 2. The van der Waals surface area contributed by atoms with E-state index in [2.05, 4.69) is 12.2 Å². The second-order valence-corrected chi connectivity index (χ2v) is 6.22. The van der Waals surface area contributed by atoms with Crippen LogP contribution in [-0.4, -0.2) is 18.6 Å². The third-order valence-electron chi connectivity index (χ3n) is 5.03. The van der Waals surface area contributed by atoms with Crippen LogP contribution in [0.25, 0.3) is 0 Å². The second-order valence-electron chi connectivity index (χ2n) is 6.22. The molecule has 0 spiro atoms. The summed E-state index contributed by atoms with van der Waals surface area (Å²) in [7, 11) is 0. The van der Waals surface area contributed by atoms with Gasteiger partial charge in [-0.1, -0.05) is 39.0 Å². The monoisotopic (exact) mass is 238 g/mol. The van der Waals surface area contributed by atoms with Crippen LogP contribution >= 0.6 is 0 Å². The summed E-state index contributed by atoms with van der Waals surface area (Å²) < 4.78 is 0. The minimum absolute atomic E-state index is 0.274. The molecule has 0 bridgehead atoms. The van der Waals surface area contributed by atoms with E-state index in [-0.39, 0.29) is 5.54 Å². The van der Waals surface area contributed by atoms with Crippen molar-refractivity contribution in [2.75, 3.05) is 13.1 Å². The lowest BCUT2D eigenvalue weighted by Gasteiger charge is -2.44. The topological polar surface area (TPSA) is 38.0 Å². The van der Waals surface area contributed by atoms with Crippen LogP contribution in [0.5, 0.6) is 0 Å². The molecule has 100 valence electrons. The zero-order chi connectivity index (χ0) is 12.1. The van der Waals surface area contributed by atoms with E-state index < -0.39 is 0 Å². The Kier molecular flexibility index (Phi) is 4.87. The highest BCUT2D eigenvalue weighted by Crippen LogP contribution is 2.36. The largest absolute Gasteiger partial charge is 0.329 e. The highest BCUT2D eigenvalue weighted by molar-refractivity contribution is 4.97. The van der Waals surface area contributed by atoms with Crippen molar-refractivity contribution in [1.29, 1.82) is 0 Å². The molecule has 0 aromatic rings. The van der Waals surface area contributed by atoms with Gasteiger partial charge >= 0.3 is 0 Å². The molecule has 2 saturated carbocycles. The molecule has 2 atom stereocenters. The molecule has 0 heterocycles. The van der Waals surface area contributed by atoms with E-state index >= 15 is 0 Å². The Morgan fingerprint density at radius 2 is 2.06 bits per heavy atom. The molecule has 2 aliphatic rings. The number of nitrogens with one attached hydrogen (secondary N) is 1. The summed E-state index contributed by atoms with van der Waals surface area (Å²) in [4.78, 5) is 0. The minimum atomic E-state index is 0.274. The summed E-state index contributed by atoms with van der Waals surface area (Å²) in [5.41, 5.74) is 6.37. The molecule has 0 aliphatic heterocycles. The van der Waals surface area contributed by atoms with E-state index in [1.165, 1.54) is 64.3 Å². The number of hydrogen-bond acceptors (Lipinski definition) is 2. The van der Waals surface area contributed by atoms with Crippen LogP contribution in [0.1, 0.15) is 64.7 Å². The normalized spacial score (nSPS) is 33.9. The molecular weight excluding hydrogens is 208 g/mol. The molecule has 0 aromatic carbocycles. The summed E-state index contributed by atoms with van der Waals surface area (Å²) in [6.45, 7) is 4.34. The Labute approximate surface area is 107 Å². The maximum atomic E-state index is 6.10. The van der Waals surface area contributed by atoms with Gasteiger partial charge in [0.2, 0.25) is 0 Å². The van der Waals surface area contributed by atoms with Gasteiger partial charge in [-0.3, -0.25) is 0 Å². The van der Waals surface area contributed by atoms with Gasteiger partial charge in [-0.15, -0.1) is 0 Å². The maximum absolute atomic E-state index is 6.10. The van der Waals surface area contributed by atoms with Crippen molar-refractivity contribution in [2.45, 2.75) is 70.3 Å². The fourth-order valence-electron chi connectivity index (χ4n) is 3.61. The average Bonchev–Trinajstić information content (AvgIpc) is 3.19. The number of nitrogens with two attached hydrogens (primary N) is 1. The van der Waals surface area contributed by atoms with E-state index in [0.717, 1.165) is 18.4 Å². The van der Waals surface area contributed by atoms with Gasteiger partial charge in [0.25, 0.3) is 0 Å². The van der Waals surface area contributed by atoms with Crippen molar-refractivity contribution in [3.05, 3.63) is 0 Å². The molecule has 0 amide bonds. The molecule has 2 nitrogen and oxygen atoms in total. The van der Waals surface area contributed by atoms with Crippen LogP contribution in [0.15, 0.2) is 0 Å². The molecular formula is C15H30N2. The van der Waals surface area contributed by atoms with Crippen molar-refractivity contribution in [3.8, 4) is 0 Å². The van der Waals surface area contributed by atoms with Gasteiger partial charge in [-0.2, -0.15) is 0 Å². The molecule has 2 fully saturated rings. The van der Waals surface area contributed by atoms with Crippen LogP contribution in [0.3, 0.4) is 0 Å². The second kappa shape index (κ2) is 6.19.